The minimum absolute atomic E-state index is 0.0318. The molecule has 2 aliphatic carbocycles. The number of carbonyl (C=O) groups is 3. The molecule has 1 N–H and O–H groups in total. The number of ether oxygens (including phenoxy) is 2. The Morgan fingerprint density at radius 3 is 1.86 bits per heavy atom. The van der Waals surface area contributed by atoms with Gasteiger partial charge in [0.25, 0.3) is 0 Å². The van der Waals surface area contributed by atoms with Gasteiger partial charge in [0.1, 0.15) is 6.10 Å². The lowest BCUT2D eigenvalue weighted by molar-refractivity contribution is -0.183. The Bertz CT molecular complexity index is 1040. The van der Waals surface area contributed by atoms with E-state index in [1.54, 1.807) is 6.92 Å². The van der Waals surface area contributed by atoms with Gasteiger partial charge in [0, 0.05) is 5.41 Å². The third-order valence-electron chi connectivity index (χ3n) is 13.6. The zero-order chi connectivity index (χ0) is 34.2. The maximum atomic E-state index is 14.3. The second-order valence-electron chi connectivity index (χ2n) is 17.9. The predicted octanol–water partition coefficient (Wildman–Crippen LogP) is 10.0. The fraction of sp³-hybridized carbons (Fsp3) is 0.921. The van der Waals surface area contributed by atoms with Crippen LogP contribution in [0.15, 0.2) is 0 Å². The number of hydrogen-bond donors (Lipinski definition) is 1. The Morgan fingerprint density at radius 1 is 0.841 bits per heavy atom. The molecule has 2 rings (SSSR count). The van der Waals surface area contributed by atoms with Gasteiger partial charge in [-0.15, -0.1) is 0 Å². The summed E-state index contributed by atoms with van der Waals surface area (Å²) >= 11 is 0. The van der Waals surface area contributed by atoms with Crippen LogP contribution in [0.2, 0.25) is 0 Å². The van der Waals surface area contributed by atoms with Crippen molar-refractivity contribution in [2.45, 2.75) is 180 Å². The van der Waals surface area contributed by atoms with Crippen LogP contribution in [0.1, 0.15) is 168 Å². The summed E-state index contributed by atoms with van der Waals surface area (Å²) in [5, 5.41) is 10.3. The van der Waals surface area contributed by atoms with E-state index in [-0.39, 0.29) is 35.0 Å². The lowest BCUT2D eigenvalue weighted by atomic mass is 9.51. The summed E-state index contributed by atoms with van der Waals surface area (Å²) in [6.45, 7) is 28.5. The van der Waals surface area contributed by atoms with Crippen LogP contribution in [0.25, 0.3) is 0 Å². The molecular weight excluding hydrogens is 552 g/mol. The molecule has 6 nitrogen and oxygen atoms in total. The van der Waals surface area contributed by atoms with Crippen LogP contribution in [0, 0.1) is 43.8 Å². The second-order valence-corrected chi connectivity index (χ2v) is 17.9. The van der Waals surface area contributed by atoms with Crippen molar-refractivity contribution < 1.29 is 29.0 Å². The normalized spacial score (nSPS) is 26.9. The zero-order valence-electron chi connectivity index (χ0n) is 31.0. The average Bonchev–Trinajstić information content (AvgIpc) is 3.23. The molecule has 2 bridgehead atoms. The van der Waals surface area contributed by atoms with Gasteiger partial charge in [-0.25, -0.2) is 0 Å². The molecule has 0 radical (unpaired) electrons. The van der Waals surface area contributed by atoms with E-state index in [1.165, 1.54) is 6.42 Å². The van der Waals surface area contributed by atoms with Gasteiger partial charge in [-0.05, 0) is 108 Å². The third-order valence-corrected chi connectivity index (χ3v) is 13.6. The minimum Gasteiger partial charge on any atom is -0.481 e. The SMILES string of the molecule is CCCCCCC(C)OC(=O)[C@@](C)(CC(C)(C)C(C)(CC)C(=O)O)C(C)(C)CC(C)(C)C(=O)OC1CC2CCC1(C)C2(C)C. The highest BCUT2D eigenvalue weighted by Crippen LogP contribution is 2.66. The summed E-state index contributed by atoms with van der Waals surface area (Å²) in [4.78, 5) is 40.8. The van der Waals surface area contributed by atoms with Crippen molar-refractivity contribution >= 4 is 17.9 Å². The highest BCUT2D eigenvalue weighted by Gasteiger charge is 2.64. The van der Waals surface area contributed by atoms with Crippen LogP contribution in [0.5, 0.6) is 0 Å². The first-order chi connectivity index (χ1) is 19.9. The van der Waals surface area contributed by atoms with Crippen LogP contribution in [0.4, 0.5) is 0 Å². The van der Waals surface area contributed by atoms with E-state index < -0.39 is 33.0 Å². The number of fused-ring (bicyclic) bond motifs is 2. The third kappa shape index (κ3) is 7.04. The molecule has 0 saturated heterocycles. The van der Waals surface area contributed by atoms with Gasteiger partial charge in [-0.2, -0.15) is 0 Å². The monoisotopic (exact) mass is 621 g/mol. The lowest BCUT2D eigenvalue weighted by Gasteiger charge is -2.52. The van der Waals surface area contributed by atoms with E-state index >= 15 is 0 Å². The van der Waals surface area contributed by atoms with E-state index in [0.29, 0.717) is 25.2 Å². The van der Waals surface area contributed by atoms with E-state index in [9.17, 15) is 19.5 Å². The molecule has 0 amide bonds. The van der Waals surface area contributed by atoms with Gasteiger partial charge in [0.2, 0.25) is 0 Å². The topological polar surface area (TPSA) is 89.9 Å². The van der Waals surface area contributed by atoms with Crippen molar-refractivity contribution in [1.82, 2.24) is 0 Å². The number of carboxylic acid groups (broad SMARTS) is 1. The van der Waals surface area contributed by atoms with Gasteiger partial charge in [0.05, 0.1) is 22.3 Å². The van der Waals surface area contributed by atoms with Crippen molar-refractivity contribution in [2.75, 3.05) is 0 Å². The molecular formula is C38H68O6. The van der Waals surface area contributed by atoms with Crippen LogP contribution in [-0.4, -0.2) is 35.2 Å². The summed E-state index contributed by atoms with van der Waals surface area (Å²) in [7, 11) is 0. The molecule has 256 valence electrons. The Kier molecular flexibility index (Phi) is 11.6. The lowest BCUT2D eigenvalue weighted by Crippen LogP contribution is -2.53. The van der Waals surface area contributed by atoms with Gasteiger partial charge in [-0.1, -0.05) is 81.6 Å². The molecule has 2 aliphatic rings. The van der Waals surface area contributed by atoms with Crippen molar-refractivity contribution in [3.63, 3.8) is 0 Å². The first-order valence-electron chi connectivity index (χ1n) is 17.5. The van der Waals surface area contributed by atoms with Crippen molar-refractivity contribution in [3.8, 4) is 0 Å². The van der Waals surface area contributed by atoms with Crippen LogP contribution < -0.4 is 0 Å². The number of carboxylic acids is 1. The van der Waals surface area contributed by atoms with Crippen LogP contribution >= 0.6 is 0 Å². The quantitative estimate of drug-likeness (QED) is 0.129. The molecule has 6 heteroatoms. The number of hydrogen-bond acceptors (Lipinski definition) is 5. The smallest absolute Gasteiger partial charge is 0.312 e. The van der Waals surface area contributed by atoms with Gasteiger partial charge >= 0.3 is 17.9 Å². The van der Waals surface area contributed by atoms with Crippen molar-refractivity contribution in [1.29, 1.82) is 0 Å². The summed E-state index contributed by atoms with van der Waals surface area (Å²) in [6, 6.07) is 0. The first-order valence-corrected chi connectivity index (χ1v) is 17.5. The molecule has 6 atom stereocenters. The largest absolute Gasteiger partial charge is 0.481 e. The number of unbranched alkanes of at least 4 members (excludes halogenated alkanes) is 3. The highest BCUT2D eigenvalue weighted by atomic mass is 16.6. The first kappa shape index (κ1) is 38.6. The van der Waals surface area contributed by atoms with Gasteiger partial charge in [-0.3, -0.25) is 14.4 Å². The van der Waals surface area contributed by atoms with Crippen LogP contribution in [0.3, 0.4) is 0 Å². The molecule has 2 saturated carbocycles. The summed E-state index contributed by atoms with van der Waals surface area (Å²) in [6.07, 6.45) is 9.18. The number of esters is 2. The number of rotatable bonds is 17. The molecule has 2 fully saturated rings. The second kappa shape index (κ2) is 13.3. The molecule has 44 heavy (non-hydrogen) atoms. The average molecular weight is 621 g/mol. The Morgan fingerprint density at radius 2 is 1.41 bits per heavy atom. The molecule has 5 unspecified atom stereocenters. The van der Waals surface area contributed by atoms with E-state index in [1.807, 2.05) is 62.3 Å². The zero-order valence-corrected chi connectivity index (χ0v) is 31.0. The van der Waals surface area contributed by atoms with Crippen molar-refractivity contribution in [2.24, 2.45) is 43.8 Å². The standard InChI is InChI=1S/C38H68O6/c1-15-17-18-19-20-26(3)43-31(42)38(14,25-34(8,9)36(12,16-2)29(39)40)33(6,7)24-32(4,5)30(41)44-28-23-27-21-22-37(28,13)35(27,10)11/h26-28H,15-25H2,1-14H3,(H,39,40)/t26?,27?,28?,36?,37?,38-/m1/s1. The number of aliphatic carboxylic acids is 1. The molecule has 0 aromatic heterocycles. The fourth-order valence-corrected chi connectivity index (χ4v) is 8.79. The van der Waals surface area contributed by atoms with Crippen LogP contribution in [-0.2, 0) is 23.9 Å². The summed E-state index contributed by atoms with van der Waals surface area (Å²) < 4.78 is 12.6. The predicted molar refractivity (Wildman–Crippen MR) is 178 cm³/mol. The molecule has 0 aliphatic heterocycles. The number of carbonyl (C=O) groups excluding carboxylic acids is 2. The van der Waals surface area contributed by atoms with Gasteiger partial charge in [0.15, 0.2) is 0 Å². The molecule has 0 spiro atoms. The van der Waals surface area contributed by atoms with E-state index in [0.717, 1.165) is 44.9 Å². The maximum Gasteiger partial charge on any atom is 0.312 e. The molecule has 0 aromatic rings. The Hall–Kier alpha value is -1.59. The Labute approximate surface area is 270 Å². The highest BCUT2D eigenvalue weighted by molar-refractivity contribution is 5.80. The Balaban J connectivity index is 2.39. The van der Waals surface area contributed by atoms with Gasteiger partial charge < -0.3 is 14.6 Å². The van der Waals surface area contributed by atoms with E-state index in [2.05, 4.69) is 27.7 Å². The van der Waals surface area contributed by atoms with Crippen molar-refractivity contribution in [3.05, 3.63) is 0 Å². The van der Waals surface area contributed by atoms with E-state index in [4.69, 9.17) is 9.47 Å². The fourth-order valence-electron chi connectivity index (χ4n) is 8.79. The minimum atomic E-state index is -1.06. The molecule has 0 aromatic carbocycles. The maximum absolute atomic E-state index is 14.3. The summed E-state index contributed by atoms with van der Waals surface area (Å²) in [5.41, 5.74) is -4.31. The molecule has 0 heterocycles. The summed E-state index contributed by atoms with van der Waals surface area (Å²) in [5.74, 6) is -0.831.